The van der Waals surface area contributed by atoms with Gasteiger partial charge in [0.25, 0.3) is 0 Å². The van der Waals surface area contributed by atoms with Crippen LogP contribution in [0.2, 0.25) is 0 Å². The Kier molecular flexibility index (Phi) is 4.58. The van der Waals surface area contributed by atoms with Gasteiger partial charge >= 0.3 is 0 Å². The van der Waals surface area contributed by atoms with Crippen molar-refractivity contribution in [1.29, 1.82) is 0 Å². The number of carbonyl (C=O) groups excluding carboxylic acids is 1. The summed E-state index contributed by atoms with van der Waals surface area (Å²) in [5.41, 5.74) is 5.63. The molecular weight excluding hydrogens is 258 g/mol. The normalized spacial score (nSPS) is 28.9. The summed E-state index contributed by atoms with van der Waals surface area (Å²) in [7, 11) is 0. The second-order valence-electron chi connectivity index (χ2n) is 5.66. The number of nitrogens with one attached hydrogen (secondary N) is 1. The third-order valence-electron chi connectivity index (χ3n) is 3.95. The van der Waals surface area contributed by atoms with Crippen molar-refractivity contribution >= 4 is 17.2 Å². The van der Waals surface area contributed by atoms with Crippen LogP contribution in [0, 0.1) is 5.92 Å². The molecule has 1 aromatic heterocycles. The topological polar surface area (TPSA) is 68.0 Å². The van der Waals surface area contributed by atoms with Crippen LogP contribution in [0.15, 0.2) is 11.6 Å². The first-order valence-electron chi connectivity index (χ1n) is 7.04. The lowest BCUT2D eigenvalue weighted by Crippen LogP contribution is -2.56. The van der Waals surface area contributed by atoms with Crippen LogP contribution in [0.1, 0.15) is 57.0 Å². The zero-order valence-corrected chi connectivity index (χ0v) is 12.5. The van der Waals surface area contributed by atoms with E-state index in [1.54, 1.807) is 17.5 Å². The number of hydrogen-bond acceptors (Lipinski definition) is 4. The number of rotatable bonds is 4. The van der Waals surface area contributed by atoms with E-state index in [4.69, 9.17) is 5.73 Å². The highest BCUT2D eigenvalue weighted by Crippen LogP contribution is 2.31. The molecule has 0 radical (unpaired) electrons. The van der Waals surface area contributed by atoms with Crippen molar-refractivity contribution in [1.82, 2.24) is 10.3 Å². The molecule has 1 saturated carbocycles. The summed E-state index contributed by atoms with van der Waals surface area (Å²) < 4.78 is 0. The summed E-state index contributed by atoms with van der Waals surface area (Å²) >= 11 is 1.58. The van der Waals surface area contributed by atoms with Gasteiger partial charge in [-0.05, 0) is 25.2 Å². The molecule has 2 rings (SSSR count). The van der Waals surface area contributed by atoms with E-state index in [1.165, 1.54) is 6.42 Å². The molecule has 0 saturated heterocycles. The van der Waals surface area contributed by atoms with E-state index in [2.05, 4.69) is 24.1 Å². The molecule has 1 fully saturated rings. The third kappa shape index (κ3) is 3.34. The second-order valence-corrected chi connectivity index (χ2v) is 6.59. The van der Waals surface area contributed by atoms with Crippen molar-refractivity contribution in [3.63, 3.8) is 0 Å². The average molecular weight is 281 g/mol. The largest absolute Gasteiger partial charge is 0.345 e. The minimum absolute atomic E-state index is 0.00911. The lowest BCUT2D eigenvalue weighted by atomic mass is 9.76. The van der Waals surface area contributed by atoms with Crippen LogP contribution in [0.3, 0.4) is 0 Å². The predicted molar refractivity (Wildman–Crippen MR) is 77.8 cm³/mol. The molecule has 3 unspecified atom stereocenters. The Morgan fingerprint density at radius 1 is 1.74 bits per heavy atom. The van der Waals surface area contributed by atoms with Gasteiger partial charge < -0.3 is 11.1 Å². The minimum Gasteiger partial charge on any atom is -0.345 e. The summed E-state index contributed by atoms with van der Waals surface area (Å²) in [5.74, 6) is 0.519. The maximum atomic E-state index is 12.5. The number of thiazole rings is 1. The van der Waals surface area contributed by atoms with Gasteiger partial charge in [0.2, 0.25) is 5.91 Å². The van der Waals surface area contributed by atoms with Crippen molar-refractivity contribution in [3.05, 3.63) is 16.6 Å². The van der Waals surface area contributed by atoms with Crippen LogP contribution < -0.4 is 11.1 Å². The zero-order chi connectivity index (χ0) is 13.9. The van der Waals surface area contributed by atoms with Gasteiger partial charge in [0.05, 0.1) is 11.6 Å². The molecule has 0 bridgehead atoms. The summed E-state index contributed by atoms with van der Waals surface area (Å²) in [6.45, 7) is 4.23. The van der Waals surface area contributed by atoms with Crippen LogP contribution in [0.4, 0.5) is 0 Å². The molecule has 1 aliphatic carbocycles. The van der Waals surface area contributed by atoms with Crippen LogP contribution in [0.25, 0.3) is 0 Å². The van der Waals surface area contributed by atoms with Gasteiger partial charge in [0, 0.05) is 11.6 Å². The summed E-state index contributed by atoms with van der Waals surface area (Å²) in [6.07, 6.45) is 6.40. The van der Waals surface area contributed by atoms with Crippen LogP contribution in [-0.2, 0) is 4.79 Å². The highest BCUT2D eigenvalue weighted by molar-refractivity contribution is 7.09. The molecule has 0 aromatic carbocycles. The average Bonchev–Trinajstić information content (AvgIpc) is 2.89. The molecule has 19 heavy (non-hydrogen) atoms. The molecule has 1 aromatic rings. The quantitative estimate of drug-likeness (QED) is 0.891. The number of aromatic nitrogens is 1. The van der Waals surface area contributed by atoms with E-state index in [0.29, 0.717) is 5.92 Å². The van der Waals surface area contributed by atoms with Crippen molar-refractivity contribution in [2.75, 3.05) is 0 Å². The fourth-order valence-electron chi connectivity index (χ4n) is 2.85. The number of amides is 1. The van der Waals surface area contributed by atoms with Gasteiger partial charge in [-0.25, -0.2) is 4.98 Å². The molecular formula is C14H23N3OS. The molecule has 1 amide bonds. The second kappa shape index (κ2) is 6.01. The Balaban J connectivity index is 2.03. The van der Waals surface area contributed by atoms with Gasteiger partial charge in [-0.3, -0.25) is 4.79 Å². The van der Waals surface area contributed by atoms with E-state index >= 15 is 0 Å². The summed E-state index contributed by atoms with van der Waals surface area (Å²) in [4.78, 5) is 16.8. The molecule has 0 spiro atoms. The molecule has 0 aliphatic heterocycles. The van der Waals surface area contributed by atoms with E-state index < -0.39 is 5.54 Å². The lowest BCUT2D eigenvalue weighted by molar-refractivity contribution is -0.128. The maximum Gasteiger partial charge on any atom is 0.240 e. The van der Waals surface area contributed by atoms with Crippen LogP contribution >= 0.6 is 11.3 Å². The van der Waals surface area contributed by atoms with Crippen LogP contribution in [-0.4, -0.2) is 16.4 Å². The summed E-state index contributed by atoms with van der Waals surface area (Å²) in [6, 6.07) is -0.00911. The van der Waals surface area contributed by atoms with E-state index in [0.717, 1.165) is 30.7 Å². The Bertz CT molecular complexity index is 420. The first-order chi connectivity index (χ1) is 9.05. The van der Waals surface area contributed by atoms with Crippen LogP contribution in [0.5, 0.6) is 0 Å². The lowest BCUT2D eigenvalue weighted by Gasteiger charge is -2.36. The van der Waals surface area contributed by atoms with Gasteiger partial charge in [0.15, 0.2) is 0 Å². The smallest absolute Gasteiger partial charge is 0.240 e. The van der Waals surface area contributed by atoms with Gasteiger partial charge in [-0.1, -0.05) is 26.7 Å². The van der Waals surface area contributed by atoms with Gasteiger partial charge in [0.1, 0.15) is 5.01 Å². The van der Waals surface area contributed by atoms with E-state index in [-0.39, 0.29) is 11.9 Å². The number of hydrogen-bond donors (Lipinski definition) is 2. The molecule has 1 aliphatic rings. The first kappa shape index (κ1) is 14.5. The molecule has 3 N–H and O–H groups in total. The number of nitrogens with two attached hydrogens (primary N) is 1. The van der Waals surface area contributed by atoms with Crippen molar-refractivity contribution < 1.29 is 4.79 Å². The third-order valence-corrected chi connectivity index (χ3v) is 4.84. The fraction of sp³-hybridized carbons (Fsp3) is 0.714. The maximum absolute atomic E-state index is 12.5. The van der Waals surface area contributed by atoms with Crippen molar-refractivity contribution in [2.24, 2.45) is 11.7 Å². The monoisotopic (exact) mass is 281 g/mol. The Labute approximate surface area is 118 Å². The first-order valence-corrected chi connectivity index (χ1v) is 7.92. The number of carbonyl (C=O) groups is 1. The Morgan fingerprint density at radius 3 is 3.11 bits per heavy atom. The molecule has 4 nitrogen and oxygen atoms in total. The Hall–Kier alpha value is -0.940. The van der Waals surface area contributed by atoms with E-state index in [9.17, 15) is 4.79 Å². The molecule has 1 heterocycles. The van der Waals surface area contributed by atoms with Gasteiger partial charge in [-0.2, -0.15) is 0 Å². The number of nitrogens with zero attached hydrogens (tertiary/aromatic N) is 1. The predicted octanol–water partition coefficient (Wildman–Crippen LogP) is 2.62. The van der Waals surface area contributed by atoms with E-state index in [1.807, 2.05) is 5.38 Å². The van der Waals surface area contributed by atoms with Gasteiger partial charge in [-0.15, -0.1) is 11.3 Å². The standard InChI is InChI=1S/C14H23N3OS/c1-3-11(12-16-7-8-19-12)17-13(18)14(15)6-4-5-10(2)9-14/h7-8,10-11H,3-6,9,15H2,1-2H3,(H,17,18). The minimum atomic E-state index is -0.692. The van der Waals surface area contributed by atoms with Crippen molar-refractivity contribution in [2.45, 2.75) is 57.5 Å². The highest BCUT2D eigenvalue weighted by atomic mass is 32.1. The summed E-state index contributed by atoms with van der Waals surface area (Å²) in [5, 5.41) is 5.98. The van der Waals surface area contributed by atoms with Crippen molar-refractivity contribution in [3.8, 4) is 0 Å². The fourth-order valence-corrected chi connectivity index (χ4v) is 3.62. The molecule has 3 atom stereocenters. The molecule has 5 heteroatoms. The Morgan fingerprint density at radius 2 is 2.53 bits per heavy atom. The highest BCUT2D eigenvalue weighted by Gasteiger charge is 2.38. The SMILES string of the molecule is CCC(NC(=O)C1(N)CCCC(C)C1)c1nccs1. The molecule has 106 valence electrons. The zero-order valence-electron chi connectivity index (χ0n) is 11.7.